The summed E-state index contributed by atoms with van der Waals surface area (Å²) in [4.78, 5) is 0. The number of nitrogens with two attached hydrogens (primary N) is 1. The first-order valence-corrected chi connectivity index (χ1v) is 5.11. The van der Waals surface area contributed by atoms with Crippen molar-refractivity contribution in [2.75, 3.05) is 5.73 Å². The maximum Gasteiger partial charge on any atom is 0.146 e. The van der Waals surface area contributed by atoms with Crippen LogP contribution >= 0.6 is 0 Å². The molecule has 0 saturated heterocycles. The number of hydrogen-bond donors (Lipinski definition) is 2. The molecule has 2 aromatic rings. The molecule has 0 radical (unpaired) electrons. The van der Waals surface area contributed by atoms with Gasteiger partial charge in [0.05, 0.1) is 5.69 Å². The standard InChI is InChI=1S/C13H12FNO2/c14-12-5-4-9(6-13(12)15)8-17-11-3-1-2-10(16)7-11/h1-7,16H,8,15H2. The Morgan fingerprint density at radius 2 is 2.00 bits per heavy atom. The number of phenols is 1. The molecular weight excluding hydrogens is 221 g/mol. The van der Waals surface area contributed by atoms with E-state index in [1.807, 2.05) is 0 Å². The van der Waals surface area contributed by atoms with Gasteiger partial charge in [0.15, 0.2) is 0 Å². The minimum absolute atomic E-state index is 0.0991. The summed E-state index contributed by atoms with van der Waals surface area (Å²) >= 11 is 0. The van der Waals surface area contributed by atoms with Gasteiger partial charge in [-0.25, -0.2) is 4.39 Å². The Kier molecular flexibility index (Phi) is 3.14. The maximum absolute atomic E-state index is 12.9. The molecule has 0 bridgehead atoms. The van der Waals surface area contributed by atoms with Crippen molar-refractivity contribution < 1.29 is 14.2 Å². The van der Waals surface area contributed by atoms with Crippen LogP contribution in [0, 0.1) is 5.82 Å². The SMILES string of the molecule is Nc1cc(COc2cccc(O)c2)ccc1F. The summed E-state index contributed by atoms with van der Waals surface area (Å²) in [6, 6.07) is 10.9. The van der Waals surface area contributed by atoms with Crippen molar-refractivity contribution in [2.45, 2.75) is 6.61 Å². The van der Waals surface area contributed by atoms with E-state index in [1.54, 1.807) is 24.3 Å². The van der Waals surface area contributed by atoms with E-state index in [0.29, 0.717) is 5.75 Å². The molecule has 0 atom stereocenters. The lowest BCUT2D eigenvalue weighted by Gasteiger charge is -2.07. The van der Waals surface area contributed by atoms with Gasteiger partial charge in [0.25, 0.3) is 0 Å². The molecule has 0 amide bonds. The molecule has 88 valence electrons. The highest BCUT2D eigenvalue weighted by molar-refractivity contribution is 5.42. The van der Waals surface area contributed by atoms with Crippen molar-refractivity contribution in [3.8, 4) is 11.5 Å². The quantitative estimate of drug-likeness (QED) is 0.801. The van der Waals surface area contributed by atoms with Gasteiger partial charge in [0.2, 0.25) is 0 Å². The Morgan fingerprint density at radius 1 is 1.18 bits per heavy atom. The molecule has 2 rings (SSSR count). The van der Waals surface area contributed by atoms with Crippen molar-refractivity contribution in [3.05, 3.63) is 53.8 Å². The Labute approximate surface area is 98.3 Å². The number of rotatable bonds is 3. The van der Waals surface area contributed by atoms with Crippen LogP contribution in [-0.4, -0.2) is 5.11 Å². The highest BCUT2D eigenvalue weighted by Crippen LogP contribution is 2.19. The van der Waals surface area contributed by atoms with Crippen LogP contribution in [0.25, 0.3) is 0 Å². The third-order valence-corrected chi connectivity index (χ3v) is 2.28. The average molecular weight is 233 g/mol. The smallest absolute Gasteiger partial charge is 0.146 e. The predicted molar refractivity (Wildman–Crippen MR) is 63.3 cm³/mol. The maximum atomic E-state index is 12.9. The van der Waals surface area contributed by atoms with Crippen molar-refractivity contribution in [1.82, 2.24) is 0 Å². The second-order valence-corrected chi connectivity index (χ2v) is 3.64. The summed E-state index contributed by atoms with van der Waals surface area (Å²) in [7, 11) is 0. The minimum atomic E-state index is -0.439. The third-order valence-electron chi connectivity index (χ3n) is 2.28. The summed E-state index contributed by atoms with van der Waals surface area (Å²) < 4.78 is 18.3. The van der Waals surface area contributed by atoms with Crippen molar-refractivity contribution in [2.24, 2.45) is 0 Å². The summed E-state index contributed by atoms with van der Waals surface area (Å²) in [6.45, 7) is 0.272. The van der Waals surface area contributed by atoms with Gasteiger partial charge < -0.3 is 15.6 Å². The molecule has 3 N–H and O–H groups in total. The van der Waals surface area contributed by atoms with Crippen LogP contribution in [0.1, 0.15) is 5.56 Å². The molecule has 2 aromatic carbocycles. The number of ether oxygens (including phenoxy) is 1. The highest BCUT2D eigenvalue weighted by atomic mass is 19.1. The predicted octanol–water partition coefficient (Wildman–Crippen LogP) is 2.69. The van der Waals surface area contributed by atoms with Crippen LogP contribution in [0.4, 0.5) is 10.1 Å². The zero-order chi connectivity index (χ0) is 12.3. The lowest BCUT2D eigenvalue weighted by atomic mass is 10.2. The molecule has 4 heteroatoms. The molecule has 0 aromatic heterocycles. The monoisotopic (exact) mass is 233 g/mol. The van der Waals surface area contributed by atoms with E-state index in [9.17, 15) is 9.50 Å². The van der Waals surface area contributed by atoms with Gasteiger partial charge in [-0.3, -0.25) is 0 Å². The Balaban J connectivity index is 2.05. The molecule has 0 aliphatic carbocycles. The van der Waals surface area contributed by atoms with Crippen molar-refractivity contribution in [3.63, 3.8) is 0 Å². The fourth-order valence-electron chi connectivity index (χ4n) is 1.42. The average Bonchev–Trinajstić information content (AvgIpc) is 2.31. The number of aromatic hydroxyl groups is 1. The zero-order valence-electron chi connectivity index (χ0n) is 9.06. The number of benzene rings is 2. The first kappa shape index (κ1) is 11.3. The van der Waals surface area contributed by atoms with Crippen molar-refractivity contribution in [1.29, 1.82) is 0 Å². The molecule has 0 saturated carbocycles. The largest absolute Gasteiger partial charge is 0.508 e. The normalized spacial score (nSPS) is 10.2. The lowest BCUT2D eigenvalue weighted by molar-refractivity contribution is 0.304. The van der Waals surface area contributed by atoms with Crippen LogP contribution < -0.4 is 10.5 Å². The molecular formula is C13H12FNO2. The van der Waals surface area contributed by atoms with Crippen LogP contribution in [0.5, 0.6) is 11.5 Å². The summed E-state index contributed by atoms with van der Waals surface area (Å²) in [5.74, 6) is 0.250. The van der Waals surface area contributed by atoms with Gasteiger partial charge in [0, 0.05) is 6.07 Å². The van der Waals surface area contributed by atoms with E-state index in [4.69, 9.17) is 10.5 Å². The molecule has 0 unspecified atom stereocenters. The molecule has 0 aliphatic rings. The lowest BCUT2D eigenvalue weighted by Crippen LogP contribution is -1.98. The van der Waals surface area contributed by atoms with Gasteiger partial charge in [-0.2, -0.15) is 0 Å². The second-order valence-electron chi connectivity index (χ2n) is 3.64. The van der Waals surface area contributed by atoms with Gasteiger partial charge in [0.1, 0.15) is 23.9 Å². The highest BCUT2D eigenvalue weighted by Gasteiger charge is 2.01. The number of phenolic OH excluding ortho intramolecular Hbond substituents is 1. The molecule has 0 aliphatic heterocycles. The van der Waals surface area contributed by atoms with Crippen LogP contribution in [0.3, 0.4) is 0 Å². The van der Waals surface area contributed by atoms with Gasteiger partial charge in [-0.1, -0.05) is 12.1 Å². The van der Waals surface area contributed by atoms with Crippen molar-refractivity contribution >= 4 is 5.69 Å². The second kappa shape index (κ2) is 4.74. The Hall–Kier alpha value is -2.23. The van der Waals surface area contributed by atoms with Gasteiger partial charge in [-0.15, -0.1) is 0 Å². The Morgan fingerprint density at radius 3 is 2.71 bits per heavy atom. The van der Waals surface area contributed by atoms with Crippen LogP contribution in [0.2, 0.25) is 0 Å². The van der Waals surface area contributed by atoms with E-state index >= 15 is 0 Å². The summed E-state index contributed by atoms with van der Waals surface area (Å²) in [5, 5.41) is 9.24. The van der Waals surface area contributed by atoms with Gasteiger partial charge >= 0.3 is 0 Å². The topological polar surface area (TPSA) is 55.5 Å². The molecule has 0 heterocycles. The summed E-state index contributed by atoms with van der Waals surface area (Å²) in [5.41, 5.74) is 6.31. The first-order valence-electron chi connectivity index (χ1n) is 5.11. The van der Waals surface area contributed by atoms with E-state index in [0.717, 1.165) is 5.56 Å². The minimum Gasteiger partial charge on any atom is -0.508 e. The van der Waals surface area contributed by atoms with Crippen LogP contribution in [0.15, 0.2) is 42.5 Å². The Bertz CT molecular complexity index is 529. The number of nitrogen functional groups attached to an aromatic ring is 1. The molecule has 3 nitrogen and oxygen atoms in total. The van der Waals surface area contributed by atoms with Crippen LogP contribution in [-0.2, 0) is 6.61 Å². The third kappa shape index (κ3) is 2.87. The fourth-order valence-corrected chi connectivity index (χ4v) is 1.42. The summed E-state index contributed by atoms with van der Waals surface area (Å²) in [6.07, 6.45) is 0. The van der Waals surface area contributed by atoms with E-state index < -0.39 is 5.82 Å². The number of anilines is 1. The first-order chi connectivity index (χ1) is 8.15. The fraction of sp³-hybridized carbons (Fsp3) is 0.0769. The molecule has 0 fully saturated rings. The molecule has 0 spiro atoms. The number of hydrogen-bond acceptors (Lipinski definition) is 3. The number of halogens is 1. The molecule has 17 heavy (non-hydrogen) atoms. The van der Waals surface area contributed by atoms with Gasteiger partial charge in [-0.05, 0) is 29.8 Å². The van der Waals surface area contributed by atoms with E-state index in [-0.39, 0.29) is 18.0 Å². The van der Waals surface area contributed by atoms with E-state index in [1.165, 1.54) is 18.2 Å². The zero-order valence-corrected chi connectivity index (χ0v) is 9.06. The van der Waals surface area contributed by atoms with E-state index in [2.05, 4.69) is 0 Å².